The number of hydrogen-bond acceptors (Lipinski definition) is 6. The fraction of sp³-hybridized carbons (Fsp3) is 0.238. The van der Waals surface area contributed by atoms with Crippen molar-refractivity contribution in [1.29, 1.82) is 0 Å². The number of halogens is 1. The van der Waals surface area contributed by atoms with Crippen molar-refractivity contribution in [2.45, 2.75) is 6.54 Å². The SMILES string of the molecule is O=C(NCc1ccc(F)cc1)c1ccnc(N2CCN(c3ncccn3)CC2)c1. The monoisotopic (exact) mass is 392 g/mol. The van der Waals surface area contributed by atoms with Crippen molar-refractivity contribution in [2.75, 3.05) is 36.0 Å². The summed E-state index contributed by atoms with van der Waals surface area (Å²) < 4.78 is 13.0. The molecule has 1 fully saturated rings. The van der Waals surface area contributed by atoms with Gasteiger partial charge in [0.1, 0.15) is 11.6 Å². The third-order valence-electron chi connectivity index (χ3n) is 4.81. The molecule has 0 aliphatic carbocycles. The second-order valence-electron chi connectivity index (χ2n) is 6.73. The van der Waals surface area contributed by atoms with Crippen molar-refractivity contribution >= 4 is 17.7 Å². The van der Waals surface area contributed by atoms with Crippen LogP contribution in [0.1, 0.15) is 15.9 Å². The highest BCUT2D eigenvalue weighted by Crippen LogP contribution is 2.17. The van der Waals surface area contributed by atoms with Gasteiger partial charge in [-0.2, -0.15) is 0 Å². The van der Waals surface area contributed by atoms with Crippen molar-refractivity contribution in [2.24, 2.45) is 0 Å². The first-order valence-corrected chi connectivity index (χ1v) is 9.45. The molecule has 0 atom stereocenters. The Kier molecular flexibility index (Phi) is 5.60. The van der Waals surface area contributed by atoms with Gasteiger partial charge in [0.05, 0.1) is 0 Å². The van der Waals surface area contributed by atoms with E-state index in [-0.39, 0.29) is 11.7 Å². The number of aromatic nitrogens is 3. The average molecular weight is 392 g/mol. The summed E-state index contributed by atoms with van der Waals surface area (Å²) in [6.07, 6.45) is 5.13. The molecule has 7 nitrogen and oxygen atoms in total. The van der Waals surface area contributed by atoms with E-state index >= 15 is 0 Å². The van der Waals surface area contributed by atoms with E-state index < -0.39 is 0 Å². The normalized spacial score (nSPS) is 14.0. The zero-order valence-corrected chi connectivity index (χ0v) is 15.8. The molecule has 1 amide bonds. The van der Waals surface area contributed by atoms with Crippen LogP contribution in [0, 0.1) is 5.82 Å². The number of benzene rings is 1. The predicted molar refractivity (Wildman–Crippen MR) is 108 cm³/mol. The topological polar surface area (TPSA) is 74.2 Å². The first-order chi connectivity index (χ1) is 14.2. The average Bonchev–Trinajstić information content (AvgIpc) is 2.79. The van der Waals surface area contributed by atoms with Crippen molar-refractivity contribution in [1.82, 2.24) is 20.3 Å². The molecule has 1 saturated heterocycles. The summed E-state index contributed by atoms with van der Waals surface area (Å²) in [5.74, 6) is 1.02. The van der Waals surface area contributed by atoms with Gasteiger partial charge in [0.2, 0.25) is 5.95 Å². The predicted octanol–water partition coefficient (Wildman–Crippen LogP) is 2.27. The molecule has 2 aromatic heterocycles. The standard InChI is InChI=1S/C21H21FN6O/c22-18-4-2-16(3-5-18)15-26-20(29)17-6-9-23-19(14-17)27-10-12-28(13-11-27)21-24-7-1-8-25-21/h1-9,14H,10-13,15H2,(H,26,29). The van der Waals surface area contributed by atoms with Gasteiger partial charge in [-0.1, -0.05) is 12.1 Å². The van der Waals surface area contributed by atoms with E-state index in [9.17, 15) is 9.18 Å². The Labute approximate surface area is 168 Å². The summed E-state index contributed by atoms with van der Waals surface area (Å²) in [6, 6.07) is 11.4. The first-order valence-electron chi connectivity index (χ1n) is 9.45. The van der Waals surface area contributed by atoms with Crippen LogP contribution in [0.4, 0.5) is 16.2 Å². The highest BCUT2D eigenvalue weighted by Gasteiger charge is 2.20. The van der Waals surface area contributed by atoms with E-state index in [1.807, 2.05) is 0 Å². The molecule has 1 N–H and O–H groups in total. The zero-order chi connectivity index (χ0) is 20.1. The van der Waals surface area contributed by atoms with Crippen molar-refractivity contribution in [3.05, 3.63) is 78.0 Å². The largest absolute Gasteiger partial charge is 0.353 e. The van der Waals surface area contributed by atoms with Gasteiger partial charge in [0.15, 0.2) is 0 Å². The van der Waals surface area contributed by atoms with Gasteiger partial charge >= 0.3 is 0 Å². The third-order valence-corrected chi connectivity index (χ3v) is 4.81. The summed E-state index contributed by atoms with van der Waals surface area (Å²) in [6.45, 7) is 3.45. The molecule has 148 valence electrons. The number of hydrogen-bond donors (Lipinski definition) is 1. The lowest BCUT2D eigenvalue weighted by Gasteiger charge is -2.35. The van der Waals surface area contributed by atoms with Gasteiger partial charge in [-0.05, 0) is 35.9 Å². The van der Waals surface area contributed by atoms with Crippen LogP contribution >= 0.6 is 0 Å². The molecule has 1 aliphatic rings. The van der Waals surface area contributed by atoms with Gasteiger partial charge in [-0.15, -0.1) is 0 Å². The van der Waals surface area contributed by atoms with Crippen LogP contribution < -0.4 is 15.1 Å². The molecule has 1 aromatic carbocycles. The molecule has 29 heavy (non-hydrogen) atoms. The lowest BCUT2D eigenvalue weighted by atomic mass is 10.2. The van der Waals surface area contributed by atoms with Gasteiger partial charge < -0.3 is 15.1 Å². The molecule has 8 heteroatoms. The van der Waals surface area contributed by atoms with Gasteiger partial charge in [-0.3, -0.25) is 4.79 Å². The second-order valence-corrected chi connectivity index (χ2v) is 6.73. The Bertz CT molecular complexity index is 958. The molecule has 0 spiro atoms. The fourth-order valence-corrected chi connectivity index (χ4v) is 3.21. The number of amides is 1. The summed E-state index contributed by atoms with van der Waals surface area (Å²) in [5, 5.41) is 2.86. The highest BCUT2D eigenvalue weighted by molar-refractivity contribution is 5.94. The molecular weight excluding hydrogens is 371 g/mol. The number of pyridine rings is 1. The zero-order valence-electron chi connectivity index (χ0n) is 15.8. The van der Waals surface area contributed by atoms with Gasteiger partial charge in [-0.25, -0.2) is 19.3 Å². The maximum atomic E-state index is 13.0. The number of anilines is 2. The molecule has 0 unspecified atom stereocenters. The van der Waals surface area contributed by atoms with E-state index in [1.165, 1.54) is 12.1 Å². The number of carbonyl (C=O) groups is 1. The summed E-state index contributed by atoms with van der Waals surface area (Å²) in [5.41, 5.74) is 1.39. The van der Waals surface area contributed by atoms with E-state index in [4.69, 9.17) is 0 Å². The number of piperazine rings is 1. The van der Waals surface area contributed by atoms with E-state index in [0.717, 1.165) is 43.5 Å². The van der Waals surface area contributed by atoms with E-state index in [2.05, 4.69) is 30.1 Å². The van der Waals surface area contributed by atoms with Crippen molar-refractivity contribution in [3.8, 4) is 0 Å². The maximum absolute atomic E-state index is 13.0. The van der Waals surface area contributed by atoms with Crippen LogP contribution in [0.15, 0.2) is 61.1 Å². The van der Waals surface area contributed by atoms with Crippen LogP contribution in [-0.2, 0) is 6.54 Å². The van der Waals surface area contributed by atoms with E-state index in [1.54, 1.807) is 48.9 Å². The summed E-state index contributed by atoms with van der Waals surface area (Å²) in [4.78, 5) is 29.8. The number of rotatable bonds is 5. The van der Waals surface area contributed by atoms with Crippen LogP contribution in [-0.4, -0.2) is 47.0 Å². The minimum atomic E-state index is -0.294. The van der Waals surface area contributed by atoms with Crippen molar-refractivity contribution in [3.63, 3.8) is 0 Å². The Morgan fingerprint density at radius 3 is 2.34 bits per heavy atom. The minimum Gasteiger partial charge on any atom is -0.353 e. The number of carbonyl (C=O) groups excluding carboxylic acids is 1. The van der Waals surface area contributed by atoms with Gasteiger partial charge in [0.25, 0.3) is 5.91 Å². The summed E-state index contributed by atoms with van der Waals surface area (Å²) in [7, 11) is 0. The molecule has 4 rings (SSSR count). The van der Waals surface area contributed by atoms with Gasteiger partial charge in [0, 0.05) is 56.9 Å². The lowest BCUT2D eigenvalue weighted by molar-refractivity contribution is 0.0951. The number of nitrogens with zero attached hydrogens (tertiary/aromatic N) is 5. The minimum absolute atomic E-state index is 0.186. The Balaban J connectivity index is 1.36. The first kappa shape index (κ1) is 18.8. The molecule has 3 heterocycles. The third kappa shape index (κ3) is 4.66. The second kappa shape index (κ2) is 8.64. The maximum Gasteiger partial charge on any atom is 0.251 e. The van der Waals surface area contributed by atoms with Crippen LogP contribution in [0.2, 0.25) is 0 Å². The molecule has 1 aliphatic heterocycles. The Hall–Kier alpha value is -3.55. The van der Waals surface area contributed by atoms with Crippen LogP contribution in [0.5, 0.6) is 0 Å². The lowest BCUT2D eigenvalue weighted by Crippen LogP contribution is -2.47. The molecule has 3 aromatic rings. The molecule has 0 bridgehead atoms. The molecule has 0 saturated carbocycles. The number of nitrogens with one attached hydrogen (secondary N) is 1. The molecule has 0 radical (unpaired) electrons. The van der Waals surface area contributed by atoms with Crippen LogP contribution in [0.25, 0.3) is 0 Å². The van der Waals surface area contributed by atoms with Crippen LogP contribution in [0.3, 0.4) is 0 Å². The highest BCUT2D eigenvalue weighted by atomic mass is 19.1. The van der Waals surface area contributed by atoms with E-state index in [0.29, 0.717) is 12.1 Å². The smallest absolute Gasteiger partial charge is 0.251 e. The Morgan fingerprint density at radius 2 is 1.62 bits per heavy atom. The quantitative estimate of drug-likeness (QED) is 0.718. The Morgan fingerprint density at radius 1 is 0.931 bits per heavy atom. The summed E-state index contributed by atoms with van der Waals surface area (Å²) >= 11 is 0. The molecular formula is C21H21FN6O. The fourth-order valence-electron chi connectivity index (χ4n) is 3.21. The van der Waals surface area contributed by atoms with Crippen molar-refractivity contribution < 1.29 is 9.18 Å².